The first-order valence-electron chi connectivity index (χ1n) is 44.2. The van der Waals surface area contributed by atoms with Gasteiger partial charge in [0.25, 0.3) is 23.6 Å². The molecular formula is C98H112FN21O13S4. The maximum absolute atomic E-state index is 14.1. The predicted molar refractivity (Wildman–Crippen MR) is 524 cm³/mol. The number of nitrogens with two attached hydrogens (primary N) is 4. The molecule has 4 amide bonds. The second-order valence-corrected chi connectivity index (χ2v) is 43.4. The van der Waals surface area contributed by atoms with Gasteiger partial charge in [-0.2, -0.15) is 17.2 Å². The highest BCUT2D eigenvalue weighted by molar-refractivity contribution is 7.90. The molecule has 8 aromatic carbocycles. The number of ether oxygens (including phenoxy) is 1. The van der Waals surface area contributed by atoms with E-state index >= 15 is 0 Å². The quantitative estimate of drug-likeness (QED) is 0.0408. The van der Waals surface area contributed by atoms with Gasteiger partial charge in [-0.1, -0.05) is 124 Å². The van der Waals surface area contributed by atoms with E-state index in [0.717, 1.165) is 83.9 Å². The molecule has 12 aromatic rings. The zero-order valence-corrected chi connectivity index (χ0v) is 81.8. The van der Waals surface area contributed by atoms with Crippen LogP contribution >= 0.6 is 0 Å². The number of morpholine rings is 1. The van der Waals surface area contributed by atoms with E-state index in [0.29, 0.717) is 97.3 Å². The number of hydrogen-bond donors (Lipinski definition) is 4. The molecule has 4 aliphatic heterocycles. The van der Waals surface area contributed by atoms with Gasteiger partial charge in [-0.15, -0.1) is 20.4 Å². The van der Waals surface area contributed by atoms with E-state index in [1.54, 1.807) is 36.4 Å². The van der Waals surface area contributed by atoms with Crippen molar-refractivity contribution in [2.45, 2.75) is 133 Å². The molecule has 8 heterocycles. The van der Waals surface area contributed by atoms with Crippen LogP contribution in [0.15, 0.2) is 215 Å². The van der Waals surface area contributed by atoms with Gasteiger partial charge in [0.05, 0.1) is 54.1 Å². The number of carbonyl (C=O) groups excluding carboxylic acids is 4. The summed E-state index contributed by atoms with van der Waals surface area (Å²) < 4.78 is 135. The largest absolute Gasteiger partial charge is 0.373 e. The Morgan fingerprint density at radius 2 is 0.606 bits per heavy atom. The SMILES string of the molecule is Cc1cc(C)cc(-c2ncn(/C=C(/C(N)=O)c3ccc(S(=O)(=O)N4CCC(C)(F)C4)cc3)n2)c1.Cc1cc(C)cc(-c2ncn(/C=C(/C(N)=O)c3ccc(S(=O)(=O)N4CCC(C)CC4)cc3)n2)c1.Cc1cc(C)cc(-c2ncn(/C=C(/C(N)=O)c3ccc(S(=O)(=O)N4CCN(C)CC4)cc3)n2)c1.Cc1cc(C)cc(-c2ncn(/C=C(/C(N)=O)c3ccc(S(=O)(=O)N4CCOC(C)(C)C4)cc3)n2)c1. The van der Waals surface area contributed by atoms with Crippen molar-refractivity contribution in [3.8, 4) is 45.6 Å². The standard InChI is InChI=1S/C25H29N5O4S.C25H29N5O3S.C24H26FN5O3S.C24H28N6O3S/c1-17-11-18(2)13-20(12-17)24-27-16-29(28-24)14-22(23(26)31)19-5-7-21(8-6-19)35(32,33)30-9-10-34-25(3,4)15-30;1-17-8-10-30(11-9-17)34(32,33)22-6-4-20(5-7-22)23(24(26)31)15-29-16-27-25(28-29)21-13-18(2)12-19(3)14-21;1-16-10-17(2)12-19(11-16)23-27-15-29(28-23)13-21(22(26)31)18-4-6-20(7-5-18)34(32,33)30-9-8-24(3,25)14-30;1-17-12-18(2)14-20(13-17)24-26-16-29(27-24)15-22(23(25)31)19-4-6-21(7-5-19)34(32,33)30-10-8-28(3)9-11-30/h5-8,11-14,16H,9-10,15H2,1-4H3,(H2,26,31);4-7,12-17H,8-11H2,1-3H3,(H2,26,31);4-7,10-13,15H,8-9,14H2,1-3H3,(H2,26,31);4-7,12-16H,8-11H2,1-3H3,(H2,25,31)/b22-14+;23-15+;21-13+;22-15+. The number of alkyl halides is 1. The molecule has 34 nitrogen and oxygen atoms in total. The Morgan fingerprint density at radius 1 is 0.358 bits per heavy atom. The Kier molecular flexibility index (Phi) is 31.1. The van der Waals surface area contributed by atoms with Gasteiger partial charge in [0.1, 0.15) is 31.0 Å². The molecule has 137 heavy (non-hydrogen) atoms. The molecule has 0 spiro atoms. The second kappa shape index (κ2) is 42.1. The van der Waals surface area contributed by atoms with E-state index in [1.165, 1.54) is 149 Å². The summed E-state index contributed by atoms with van der Waals surface area (Å²) in [5, 5.41) is 17.8. The number of likely N-dealkylation sites (N-methyl/N-ethyl adjacent to an activating group) is 1. The monoisotopic (exact) mass is 1940 g/mol. The number of primary amides is 4. The molecule has 39 heteroatoms. The summed E-state index contributed by atoms with van der Waals surface area (Å²) in [6, 6.07) is 48.4. The van der Waals surface area contributed by atoms with E-state index in [-0.39, 0.29) is 74.5 Å². The average Bonchev–Trinajstić information content (AvgIpc) is 1.42. The summed E-state index contributed by atoms with van der Waals surface area (Å²) >= 11 is 0. The number of carbonyl (C=O) groups is 4. The van der Waals surface area contributed by atoms with E-state index in [9.17, 15) is 57.2 Å². The second-order valence-electron chi connectivity index (χ2n) is 35.7. The number of halogens is 1. The lowest BCUT2D eigenvalue weighted by Crippen LogP contribution is -2.50. The first kappa shape index (κ1) is 101. The molecule has 0 saturated carbocycles. The Bertz CT molecular complexity index is 6850. The van der Waals surface area contributed by atoms with Crippen molar-refractivity contribution in [1.82, 2.24) is 81.2 Å². The number of aromatic nitrogens is 12. The zero-order valence-electron chi connectivity index (χ0n) is 78.5. The van der Waals surface area contributed by atoms with Crippen molar-refractivity contribution < 1.29 is 62.0 Å². The number of amides is 4. The predicted octanol–water partition coefficient (Wildman–Crippen LogP) is 11.5. The minimum absolute atomic E-state index is 0.0237. The van der Waals surface area contributed by atoms with Crippen molar-refractivity contribution >= 4 is 111 Å². The number of sulfonamides is 4. The van der Waals surface area contributed by atoms with Crippen molar-refractivity contribution in [2.24, 2.45) is 28.9 Å². The van der Waals surface area contributed by atoms with Crippen LogP contribution in [0.4, 0.5) is 4.39 Å². The molecule has 8 N–H and O–H groups in total. The summed E-state index contributed by atoms with van der Waals surface area (Å²) in [6.45, 7) is 27.4. The van der Waals surface area contributed by atoms with Crippen LogP contribution in [0.3, 0.4) is 0 Å². The summed E-state index contributed by atoms with van der Waals surface area (Å²) in [5.74, 6) is -0.0625. The summed E-state index contributed by atoms with van der Waals surface area (Å²) in [4.78, 5) is 68.8. The molecule has 0 radical (unpaired) electrons. The Balaban J connectivity index is 0.000000154. The first-order valence-corrected chi connectivity index (χ1v) is 49.9. The molecule has 0 aliphatic carbocycles. The number of nitrogens with zero attached hydrogens (tertiary/aromatic N) is 17. The van der Waals surface area contributed by atoms with Gasteiger partial charge in [0.2, 0.25) is 40.1 Å². The van der Waals surface area contributed by atoms with Crippen LogP contribution in [-0.2, 0) is 64.0 Å². The molecule has 4 aliphatic rings. The lowest BCUT2D eigenvalue weighted by molar-refractivity contribution is -0.113. The number of aryl methyl sites for hydroxylation is 8. The van der Waals surface area contributed by atoms with Crippen LogP contribution in [-0.4, -0.2) is 229 Å². The number of rotatable bonds is 24. The molecule has 4 aromatic heterocycles. The molecule has 718 valence electrons. The molecule has 1 atom stereocenters. The minimum Gasteiger partial charge on any atom is -0.373 e. The third-order valence-corrected chi connectivity index (χ3v) is 30.8. The van der Waals surface area contributed by atoms with Crippen molar-refractivity contribution in [3.05, 3.63) is 262 Å². The van der Waals surface area contributed by atoms with E-state index in [2.05, 4.69) is 76.4 Å². The number of hydrogen-bond acceptors (Lipinski definition) is 22. The summed E-state index contributed by atoms with van der Waals surface area (Å²) in [6.07, 6.45) is 13.7. The smallest absolute Gasteiger partial charge is 0.250 e. The molecule has 4 saturated heterocycles. The highest BCUT2D eigenvalue weighted by atomic mass is 32.2. The van der Waals surface area contributed by atoms with E-state index in [4.69, 9.17) is 27.7 Å². The van der Waals surface area contributed by atoms with Gasteiger partial charge < -0.3 is 32.6 Å². The highest BCUT2D eigenvalue weighted by Gasteiger charge is 2.41. The van der Waals surface area contributed by atoms with Crippen LogP contribution in [0.1, 0.15) is 114 Å². The van der Waals surface area contributed by atoms with E-state index < -0.39 is 75.0 Å². The van der Waals surface area contributed by atoms with Crippen molar-refractivity contribution in [2.75, 3.05) is 79.1 Å². The molecule has 0 bridgehead atoms. The minimum atomic E-state index is -3.84. The molecule has 1 unspecified atom stereocenters. The normalized spacial score (nSPS) is 17.1. The fourth-order valence-corrected chi connectivity index (χ4v) is 22.3. The van der Waals surface area contributed by atoms with Gasteiger partial charge in [0, 0.05) is 113 Å². The number of benzene rings is 8. The lowest BCUT2D eigenvalue weighted by atomic mass is 10.0. The maximum Gasteiger partial charge on any atom is 0.250 e. The fourth-order valence-electron chi connectivity index (χ4n) is 16.3. The first-order chi connectivity index (χ1) is 64.6. The maximum atomic E-state index is 14.1. The molecule has 4 fully saturated rings. The van der Waals surface area contributed by atoms with Crippen molar-refractivity contribution in [3.63, 3.8) is 0 Å². The van der Waals surface area contributed by atoms with Gasteiger partial charge >= 0.3 is 0 Å². The average molecular weight is 1940 g/mol. The lowest BCUT2D eigenvalue weighted by Gasteiger charge is -2.37. The van der Waals surface area contributed by atoms with Crippen molar-refractivity contribution in [1.29, 1.82) is 0 Å². The zero-order chi connectivity index (χ0) is 99.0. The Labute approximate surface area is 797 Å². The third-order valence-electron chi connectivity index (χ3n) is 23.3. The van der Waals surface area contributed by atoms with Crippen LogP contribution in [0, 0.1) is 61.3 Å². The Morgan fingerprint density at radius 3 is 0.847 bits per heavy atom. The van der Waals surface area contributed by atoms with Gasteiger partial charge in [-0.25, -0.2) is 76.7 Å². The van der Waals surface area contributed by atoms with Gasteiger partial charge in [-0.3, -0.25) is 19.2 Å². The molecular weight excluding hydrogens is 1830 g/mol. The van der Waals surface area contributed by atoms with Gasteiger partial charge in [0.15, 0.2) is 23.3 Å². The molecule has 16 rings (SSSR count). The highest BCUT2D eigenvalue weighted by Crippen LogP contribution is 2.34. The summed E-state index contributed by atoms with van der Waals surface area (Å²) in [7, 11) is -12.7. The summed E-state index contributed by atoms with van der Waals surface area (Å²) in [5.41, 5.74) is 35.3. The fraction of sp³-hybridized carbons (Fsp3) is 0.306. The topological polar surface area (TPSA) is 457 Å². The van der Waals surface area contributed by atoms with E-state index in [1.807, 2.05) is 125 Å². The van der Waals surface area contributed by atoms with Crippen LogP contribution in [0.2, 0.25) is 0 Å². The van der Waals surface area contributed by atoms with Crippen LogP contribution in [0.25, 0.3) is 92.6 Å². The van der Waals surface area contributed by atoms with Gasteiger partial charge in [-0.05, 0) is 228 Å². The van der Waals surface area contributed by atoms with Crippen LogP contribution in [0.5, 0.6) is 0 Å². The number of piperazine rings is 1. The Hall–Kier alpha value is -13.4. The third kappa shape index (κ3) is 25.3. The number of piperidine rings is 1. The van der Waals surface area contributed by atoms with Crippen LogP contribution < -0.4 is 22.9 Å².